The Morgan fingerprint density at radius 3 is 2.64 bits per heavy atom. The maximum Gasteiger partial charge on any atom is 0.613 e. The Balaban J connectivity index is 1.58. The number of aliphatic hydroxyl groups excluding tert-OH is 1. The molecule has 14 nitrogen and oxygen atoms in total. The third-order valence-corrected chi connectivity index (χ3v) is 7.18. The van der Waals surface area contributed by atoms with Gasteiger partial charge in [0.25, 0.3) is 0 Å². The van der Waals surface area contributed by atoms with E-state index in [0.29, 0.717) is 18.5 Å². The van der Waals surface area contributed by atoms with Gasteiger partial charge in [-0.2, -0.15) is 9.97 Å². The molecule has 0 radical (unpaired) electrons. The number of ether oxygens (including phenoxy) is 3. The highest BCUT2D eigenvalue weighted by Gasteiger charge is 2.54. The third kappa shape index (κ3) is 5.74. The lowest BCUT2D eigenvalue weighted by Gasteiger charge is -2.27. The molecule has 0 saturated carbocycles. The number of carbonyl (C=O) groups is 1. The van der Waals surface area contributed by atoms with Gasteiger partial charge in [-0.25, -0.2) is 4.98 Å². The minimum absolute atomic E-state index is 0.0430. The van der Waals surface area contributed by atoms with Gasteiger partial charge in [0.1, 0.15) is 30.5 Å². The fraction of sp³-hybridized carbons (Fsp3) is 0.714. The average Bonchev–Trinajstić information content (AvgIpc) is 3.33. The van der Waals surface area contributed by atoms with Crippen molar-refractivity contribution in [3.05, 3.63) is 6.33 Å². The molecule has 6 atom stereocenters. The predicted molar refractivity (Wildman–Crippen MR) is 126 cm³/mol. The zero-order valence-corrected chi connectivity index (χ0v) is 21.1. The second-order valence-corrected chi connectivity index (χ2v) is 10.1. The van der Waals surface area contributed by atoms with Crippen LogP contribution in [0.2, 0.25) is 0 Å². The fourth-order valence-corrected chi connectivity index (χ4v) is 4.93. The van der Waals surface area contributed by atoms with Gasteiger partial charge >= 0.3 is 14.1 Å². The molecule has 2 aromatic rings. The van der Waals surface area contributed by atoms with E-state index < -0.39 is 44.2 Å². The number of carbonyl (C=O) groups excluding carboxylic acids is 1. The molecule has 2 aliphatic rings. The lowest BCUT2D eigenvalue weighted by molar-refractivity contribution is -0.145. The minimum atomic E-state index is -2.48. The topological polar surface area (TPSA) is 193 Å². The van der Waals surface area contributed by atoms with Crippen molar-refractivity contribution in [2.24, 2.45) is 0 Å². The van der Waals surface area contributed by atoms with Crippen molar-refractivity contribution >= 4 is 31.3 Å². The monoisotopic (exact) mass is 527 g/mol. The van der Waals surface area contributed by atoms with Crippen LogP contribution in [0.25, 0.3) is 11.2 Å². The molecule has 2 aliphatic heterocycles. The Labute approximate surface area is 208 Å². The van der Waals surface area contributed by atoms with E-state index in [-0.39, 0.29) is 30.7 Å². The molecule has 0 aliphatic carbocycles. The van der Waals surface area contributed by atoms with Crippen molar-refractivity contribution in [1.29, 1.82) is 0 Å². The summed E-state index contributed by atoms with van der Waals surface area (Å²) in [7, 11) is -2.48. The SMILES string of the molecule is CC1N[P+](=O)OCC2OC(n3cnc4c(nc(N)nc43)OCCCCCCCOC1=O)C(C)(O)C2O. The maximum atomic E-state index is 12.3. The Bertz CT molecular complexity index is 1100. The molecule has 4 heterocycles. The summed E-state index contributed by atoms with van der Waals surface area (Å²) in [4.78, 5) is 24.8. The first kappa shape index (κ1) is 26.6. The number of aromatic nitrogens is 4. The number of aliphatic hydroxyl groups is 2. The van der Waals surface area contributed by atoms with Crippen LogP contribution in [0.3, 0.4) is 0 Å². The quantitative estimate of drug-likeness (QED) is 0.280. The van der Waals surface area contributed by atoms with Gasteiger partial charge in [0.2, 0.25) is 11.8 Å². The molecule has 2 aromatic heterocycles. The summed E-state index contributed by atoms with van der Waals surface area (Å²) in [5.41, 5.74) is 4.72. The first-order chi connectivity index (χ1) is 17.2. The molecule has 1 fully saturated rings. The number of anilines is 1. The number of imidazole rings is 1. The maximum absolute atomic E-state index is 12.3. The van der Waals surface area contributed by atoms with Gasteiger partial charge in [0.15, 0.2) is 17.4 Å². The summed E-state index contributed by atoms with van der Waals surface area (Å²) in [5, 5.41) is 24.3. The number of esters is 1. The number of cyclic esters (lactones) is 1. The van der Waals surface area contributed by atoms with Crippen LogP contribution < -0.4 is 15.6 Å². The van der Waals surface area contributed by atoms with Crippen LogP contribution in [0.4, 0.5) is 5.95 Å². The summed E-state index contributed by atoms with van der Waals surface area (Å²) in [6, 6.07) is -0.856. The zero-order valence-electron chi connectivity index (χ0n) is 20.2. The number of rotatable bonds is 0. The summed E-state index contributed by atoms with van der Waals surface area (Å²) in [5.74, 6) is -0.374. The molecule has 6 unspecified atom stereocenters. The largest absolute Gasteiger partial charge is 0.613 e. The second-order valence-electron chi connectivity index (χ2n) is 9.10. The van der Waals surface area contributed by atoms with Gasteiger partial charge in [-0.3, -0.25) is 9.36 Å². The number of nitrogen functional groups attached to an aromatic ring is 1. The van der Waals surface area contributed by atoms with Crippen molar-refractivity contribution in [3.8, 4) is 5.88 Å². The highest BCUT2D eigenvalue weighted by molar-refractivity contribution is 7.36. The Morgan fingerprint density at radius 2 is 1.89 bits per heavy atom. The van der Waals surface area contributed by atoms with Crippen molar-refractivity contribution in [2.45, 2.75) is 76.0 Å². The van der Waals surface area contributed by atoms with Crippen LogP contribution in [-0.4, -0.2) is 79.4 Å². The van der Waals surface area contributed by atoms with E-state index in [2.05, 4.69) is 20.0 Å². The van der Waals surface area contributed by atoms with E-state index in [9.17, 15) is 19.6 Å². The van der Waals surface area contributed by atoms with Crippen LogP contribution >= 0.6 is 8.18 Å². The summed E-state index contributed by atoms with van der Waals surface area (Å²) in [6.07, 6.45) is 2.03. The molecule has 198 valence electrons. The highest BCUT2D eigenvalue weighted by atomic mass is 31.1. The summed E-state index contributed by atoms with van der Waals surface area (Å²) in [6.45, 7) is 3.25. The molecule has 4 rings (SSSR count). The van der Waals surface area contributed by atoms with Crippen molar-refractivity contribution < 1.29 is 38.3 Å². The minimum Gasteiger partial charge on any atom is -0.476 e. The van der Waals surface area contributed by atoms with E-state index in [4.69, 9.17) is 24.5 Å². The molecule has 15 heteroatoms. The molecular weight excluding hydrogens is 495 g/mol. The molecule has 5 N–H and O–H groups in total. The van der Waals surface area contributed by atoms with Crippen molar-refractivity contribution in [2.75, 3.05) is 25.6 Å². The fourth-order valence-electron chi connectivity index (χ4n) is 4.15. The van der Waals surface area contributed by atoms with E-state index in [1.54, 1.807) is 0 Å². The van der Waals surface area contributed by atoms with E-state index in [1.807, 2.05) is 0 Å². The summed E-state index contributed by atoms with van der Waals surface area (Å²) < 4.78 is 36.0. The second kappa shape index (κ2) is 11.3. The number of fused-ring (bicyclic) bond motifs is 3. The number of nitrogens with two attached hydrogens (primary N) is 1. The van der Waals surface area contributed by atoms with E-state index in [1.165, 1.54) is 24.7 Å². The molecule has 1 saturated heterocycles. The van der Waals surface area contributed by atoms with E-state index >= 15 is 0 Å². The lowest BCUT2D eigenvalue weighted by atomic mass is 9.96. The van der Waals surface area contributed by atoms with Gasteiger partial charge in [-0.15, -0.1) is 4.52 Å². The number of nitrogens with zero attached hydrogens (tertiary/aromatic N) is 4. The molecule has 0 aromatic carbocycles. The zero-order chi connectivity index (χ0) is 25.9. The van der Waals surface area contributed by atoms with Gasteiger partial charge in [-0.1, -0.05) is 24.3 Å². The van der Waals surface area contributed by atoms with Gasteiger partial charge in [-0.05, 0) is 31.3 Å². The van der Waals surface area contributed by atoms with Crippen molar-refractivity contribution in [3.63, 3.8) is 0 Å². The number of nitrogens with one attached hydrogen (secondary N) is 1. The molecular formula is C21H32N6O8P+. The van der Waals surface area contributed by atoms with Gasteiger partial charge < -0.3 is 30.2 Å². The average molecular weight is 527 g/mol. The lowest BCUT2D eigenvalue weighted by Crippen LogP contribution is -2.44. The highest BCUT2D eigenvalue weighted by Crippen LogP contribution is 2.41. The summed E-state index contributed by atoms with van der Waals surface area (Å²) >= 11 is 0. The first-order valence-electron chi connectivity index (χ1n) is 11.9. The van der Waals surface area contributed by atoms with Crippen LogP contribution in [0.15, 0.2) is 6.33 Å². The van der Waals surface area contributed by atoms with Crippen LogP contribution in [-0.2, 0) is 23.4 Å². The van der Waals surface area contributed by atoms with E-state index in [0.717, 1.165) is 25.7 Å². The van der Waals surface area contributed by atoms with Crippen LogP contribution in [0, 0.1) is 0 Å². The molecule has 36 heavy (non-hydrogen) atoms. The Morgan fingerprint density at radius 1 is 1.19 bits per heavy atom. The number of hydrogen-bond acceptors (Lipinski definition) is 12. The third-order valence-electron chi connectivity index (χ3n) is 6.19. The standard InChI is InChI=1S/C21H32N6O8P/c1-12-18(29)33-9-7-5-3-4-6-8-32-17-14-16(24-20(22)25-17)27(11-23-14)19-21(2,30)15(28)13(35-19)10-34-36(31)26-12/h11-13,15,19,28,30H,3-10H2,1-2H3,(H,26,31)(H2,22,24,25)/q+1. The Kier molecular flexibility index (Phi) is 8.33. The molecule has 6 bridgehead atoms. The predicted octanol–water partition coefficient (Wildman–Crippen LogP) is 0.956. The normalized spacial score (nSPS) is 32.4. The first-order valence-corrected chi connectivity index (χ1v) is 13.1. The van der Waals surface area contributed by atoms with Gasteiger partial charge in [0.05, 0.1) is 19.5 Å². The Hall–Kier alpha value is -2.48. The molecule has 0 spiro atoms. The smallest absolute Gasteiger partial charge is 0.476 e. The molecule has 0 amide bonds. The van der Waals surface area contributed by atoms with Crippen molar-refractivity contribution in [1.82, 2.24) is 24.6 Å². The van der Waals surface area contributed by atoms with Crippen LogP contribution in [0.5, 0.6) is 5.88 Å². The number of hydrogen-bond donors (Lipinski definition) is 4. The van der Waals surface area contributed by atoms with Gasteiger partial charge in [0, 0.05) is 0 Å². The van der Waals surface area contributed by atoms with Crippen LogP contribution in [0.1, 0.15) is 52.2 Å².